The zero-order valence-electron chi connectivity index (χ0n) is 18.6. The minimum atomic E-state index is -0.193. The van der Waals surface area contributed by atoms with Crippen molar-refractivity contribution in [1.82, 2.24) is 10.2 Å². The fourth-order valence-corrected chi connectivity index (χ4v) is 4.14. The Balaban J connectivity index is 1.34. The Bertz CT molecular complexity index is 980. The molecule has 0 radical (unpaired) electrons. The highest BCUT2D eigenvalue weighted by molar-refractivity contribution is 6.02. The lowest BCUT2D eigenvalue weighted by Crippen LogP contribution is -2.46. The van der Waals surface area contributed by atoms with Gasteiger partial charge in [0.2, 0.25) is 5.91 Å². The summed E-state index contributed by atoms with van der Waals surface area (Å²) in [5.41, 5.74) is 4.50. The van der Waals surface area contributed by atoms with Gasteiger partial charge in [-0.15, -0.1) is 0 Å². The van der Waals surface area contributed by atoms with Gasteiger partial charge in [0.1, 0.15) is 12.3 Å². The molecule has 2 heterocycles. The molecule has 2 aliphatic heterocycles. The van der Waals surface area contributed by atoms with Gasteiger partial charge in [-0.2, -0.15) is 0 Å². The lowest BCUT2D eigenvalue weighted by molar-refractivity contribution is -0.125. The van der Waals surface area contributed by atoms with Crippen LogP contribution in [0.5, 0.6) is 5.75 Å². The predicted molar refractivity (Wildman–Crippen MR) is 121 cm³/mol. The van der Waals surface area contributed by atoms with E-state index in [-0.39, 0.29) is 30.4 Å². The zero-order chi connectivity index (χ0) is 22.0. The van der Waals surface area contributed by atoms with E-state index >= 15 is 0 Å². The minimum Gasteiger partial charge on any atom is -0.482 e. The number of amides is 2. The summed E-state index contributed by atoms with van der Waals surface area (Å²) in [5, 5.41) is 2.98. The average molecular weight is 422 g/mol. The fraction of sp³-hybridized carbons (Fsp3) is 0.440. The quantitative estimate of drug-likeness (QED) is 0.807. The number of hydrogen-bond donors (Lipinski definition) is 1. The van der Waals surface area contributed by atoms with Crippen LogP contribution in [0.1, 0.15) is 37.5 Å². The Morgan fingerprint density at radius 2 is 1.90 bits per heavy atom. The van der Waals surface area contributed by atoms with Gasteiger partial charge in [-0.05, 0) is 40.7 Å². The molecular weight excluding hydrogens is 390 g/mol. The molecule has 0 aliphatic carbocycles. The van der Waals surface area contributed by atoms with Crippen molar-refractivity contribution >= 4 is 17.5 Å². The van der Waals surface area contributed by atoms with E-state index in [2.05, 4.69) is 55.3 Å². The molecule has 2 aromatic carbocycles. The molecule has 0 bridgehead atoms. The van der Waals surface area contributed by atoms with E-state index in [1.54, 1.807) is 4.90 Å². The molecule has 2 amide bonds. The highest BCUT2D eigenvalue weighted by atomic mass is 16.5. The van der Waals surface area contributed by atoms with Crippen LogP contribution >= 0.6 is 0 Å². The molecule has 4 rings (SSSR count). The summed E-state index contributed by atoms with van der Waals surface area (Å²) in [6.45, 7) is 9.60. The van der Waals surface area contributed by atoms with Crippen LogP contribution in [0.3, 0.4) is 0 Å². The standard InChI is InChI=1S/C25H31N3O3/c1-25(2,3)20-8-9-22-21(14-20)28(24(30)17-31-22)16-23(29)26-11-13-27-12-10-18-6-4-5-7-19(18)15-27/h4-9,14H,10-13,15-17H2,1-3H3,(H,26,29). The predicted octanol–water partition coefficient (Wildman–Crippen LogP) is 2.88. The number of benzene rings is 2. The van der Waals surface area contributed by atoms with Gasteiger partial charge in [0.15, 0.2) is 6.61 Å². The summed E-state index contributed by atoms with van der Waals surface area (Å²) in [7, 11) is 0. The topological polar surface area (TPSA) is 61.9 Å². The maximum Gasteiger partial charge on any atom is 0.265 e. The maximum atomic E-state index is 12.6. The van der Waals surface area contributed by atoms with Gasteiger partial charge in [0.05, 0.1) is 5.69 Å². The molecule has 0 aromatic heterocycles. The Hall–Kier alpha value is -2.86. The molecule has 0 saturated heterocycles. The molecule has 0 spiro atoms. The molecule has 2 aliphatic rings. The molecule has 0 unspecified atom stereocenters. The summed E-state index contributed by atoms with van der Waals surface area (Å²) in [6.07, 6.45) is 1.04. The monoisotopic (exact) mass is 421 g/mol. The number of anilines is 1. The van der Waals surface area contributed by atoms with E-state index in [1.165, 1.54) is 11.1 Å². The van der Waals surface area contributed by atoms with Gasteiger partial charge >= 0.3 is 0 Å². The number of fused-ring (bicyclic) bond motifs is 2. The Kier molecular flexibility index (Phi) is 6.01. The van der Waals surface area contributed by atoms with Gasteiger partial charge < -0.3 is 10.1 Å². The van der Waals surface area contributed by atoms with Crippen LogP contribution in [0.15, 0.2) is 42.5 Å². The van der Waals surface area contributed by atoms with E-state index < -0.39 is 0 Å². The molecule has 1 N–H and O–H groups in total. The van der Waals surface area contributed by atoms with Crippen molar-refractivity contribution in [2.45, 2.75) is 39.2 Å². The molecule has 0 saturated carbocycles. The van der Waals surface area contributed by atoms with Crippen molar-refractivity contribution in [3.8, 4) is 5.75 Å². The first-order valence-corrected chi connectivity index (χ1v) is 10.9. The summed E-state index contributed by atoms with van der Waals surface area (Å²) in [5.74, 6) is 0.300. The SMILES string of the molecule is CC(C)(C)c1ccc2c(c1)N(CC(=O)NCCN1CCc3ccccc3C1)C(=O)CO2. The van der Waals surface area contributed by atoms with Crippen LogP contribution in [-0.2, 0) is 28.0 Å². The summed E-state index contributed by atoms with van der Waals surface area (Å²) in [4.78, 5) is 29.0. The van der Waals surface area contributed by atoms with Crippen LogP contribution in [0.25, 0.3) is 0 Å². The Labute approximate surface area is 184 Å². The molecule has 0 fully saturated rings. The van der Waals surface area contributed by atoms with Gasteiger partial charge in [0, 0.05) is 26.2 Å². The zero-order valence-corrected chi connectivity index (χ0v) is 18.6. The maximum absolute atomic E-state index is 12.6. The third-order valence-corrected chi connectivity index (χ3v) is 6.03. The highest BCUT2D eigenvalue weighted by Gasteiger charge is 2.29. The van der Waals surface area contributed by atoms with Crippen LogP contribution in [-0.4, -0.2) is 49.5 Å². The van der Waals surface area contributed by atoms with E-state index in [1.807, 2.05) is 18.2 Å². The molecule has 2 aromatic rings. The van der Waals surface area contributed by atoms with Gasteiger partial charge in [-0.25, -0.2) is 0 Å². The number of hydrogen-bond acceptors (Lipinski definition) is 4. The fourth-order valence-electron chi connectivity index (χ4n) is 4.14. The third kappa shape index (κ3) is 4.90. The summed E-state index contributed by atoms with van der Waals surface area (Å²) >= 11 is 0. The number of carbonyl (C=O) groups is 2. The van der Waals surface area contributed by atoms with Crippen molar-refractivity contribution in [1.29, 1.82) is 0 Å². The van der Waals surface area contributed by atoms with Crippen molar-refractivity contribution in [3.05, 3.63) is 59.2 Å². The number of nitrogens with one attached hydrogen (secondary N) is 1. The van der Waals surface area contributed by atoms with E-state index in [0.717, 1.165) is 31.6 Å². The first-order chi connectivity index (χ1) is 14.8. The Morgan fingerprint density at radius 1 is 1.13 bits per heavy atom. The largest absolute Gasteiger partial charge is 0.482 e. The van der Waals surface area contributed by atoms with E-state index in [9.17, 15) is 9.59 Å². The lowest BCUT2D eigenvalue weighted by Gasteiger charge is -2.31. The lowest BCUT2D eigenvalue weighted by atomic mass is 9.86. The number of nitrogens with zero attached hydrogens (tertiary/aromatic N) is 2. The third-order valence-electron chi connectivity index (χ3n) is 6.03. The summed E-state index contributed by atoms with van der Waals surface area (Å²) in [6, 6.07) is 14.4. The minimum absolute atomic E-state index is 0.00558. The second kappa shape index (κ2) is 8.71. The van der Waals surface area contributed by atoms with Crippen molar-refractivity contribution in [2.75, 3.05) is 37.7 Å². The van der Waals surface area contributed by atoms with Crippen LogP contribution < -0.4 is 15.0 Å². The van der Waals surface area contributed by atoms with E-state index in [4.69, 9.17) is 4.74 Å². The number of rotatable bonds is 5. The van der Waals surface area contributed by atoms with Crippen LogP contribution in [0, 0.1) is 0 Å². The van der Waals surface area contributed by atoms with Crippen LogP contribution in [0.2, 0.25) is 0 Å². The van der Waals surface area contributed by atoms with Gasteiger partial charge in [-0.3, -0.25) is 19.4 Å². The molecular formula is C25H31N3O3. The second-order valence-corrected chi connectivity index (χ2v) is 9.35. The van der Waals surface area contributed by atoms with Crippen molar-refractivity contribution in [3.63, 3.8) is 0 Å². The van der Waals surface area contributed by atoms with E-state index in [0.29, 0.717) is 18.0 Å². The van der Waals surface area contributed by atoms with Gasteiger partial charge in [-0.1, -0.05) is 51.1 Å². The smallest absolute Gasteiger partial charge is 0.265 e. The first-order valence-electron chi connectivity index (χ1n) is 10.9. The van der Waals surface area contributed by atoms with Crippen molar-refractivity contribution in [2.24, 2.45) is 0 Å². The molecule has 6 nitrogen and oxygen atoms in total. The molecule has 6 heteroatoms. The van der Waals surface area contributed by atoms with Gasteiger partial charge in [0.25, 0.3) is 5.91 Å². The van der Waals surface area contributed by atoms with Crippen molar-refractivity contribution < 1.29 is 14.3 Å². The average Bonchev–Trinajstić information content (AvgIpc) is 2.74. The number of carbonyl (C=O) groups excluding carboxylic acids is 2. The molecule has 0 atom stereocenters. The second-order valence-electron chi connectivity index (χ2n) is 9.35. The Morgan fingerprint density at radius 3 is 2.68 bits per heavy atom. The molecule has 31 heavy (non-hydrogen) atoms. The highest BCUT2D eigenvalue weighted by Crippen LogP contribution is 2.36. The van der Waals surface area contributed by atoms with Crippen LogP contribution in [0.4, 0.5) is 5.69 Å². The normalized spacial score (nSPS) is 16.4. The summed E-state index contributed by atoms with van der Waals surface area (Å²) < 4.78 is 5.57. The molecule has 164 valence electrons. The first kappa shape index (κ1) is 21.4. The number of ether oxygens (including phenoxy) is 1.